The van der Waals surface area contributed by atoms with Gasteiger partial charge in [-0.2, -0.15) is 0 Å². The van der Waals surface area contributed by atoms with E-state index < -0.39 is 5.63 Å². The molecule has 1 aromatic heterocycles. The molecule has 0 saturated heterocycles. The van der Waals surface area contributed by atoms with Crippen LogP contribution < -0.4 is 10.5 Å². The van der Waals surface area contributed by atoms with Crippen molar-refractivity contribution in [3.63, 3.8) is 0 Å². The van der Waals surface area contributed by atoms with Gasteiger partial charge in [-0.05, 0) is 43.5 Å². The molecule has 3 aromatic rings. The average molecular weight is 352 g/mol. The van der Waals surface area contributed by atoms with Crippen LogP contribution in [0.2, 0.25) is 5.02 Å². The summed E-state index contributed by atoms with van der Waals surface area (Å²) in [5, 5.41) is 0.147. The fourth-order valence-electron chi connectivity index (χ4n) is 3.42. The highest BCUT2D eigenvalue weighted by Crippen LogP contribution is 2.42. The van der Waals surface area contributed by atoms with Crippen molar-refractivity contribution in [1.29, 1.82) is 0 Å². The molecule has 25 heavy (non-hydrogen) atoms. The van der Waals surface area contributed by atoms with E-state index >= 15 is 0 Å². The van der Waals surface area contributed by atoms with E-state index in [1.165, 1.54) is 0 Å². The maximum absolute atomic E-state index is 12.4. The molecule has 1 heterocycles. The standard InChI is InChI=1S/C21H18ClNO2/c22-19-20(17-13-7-8-14-18(17)25-21(19)24)23(15-9-3-1-4-10-15)16-11-5-2-6-12-16/h1-6,9-12H,7-8,13-14H2. The van der Waals surface area contributed by atoms with Crippen LogP contribution in [0, 0.1) is 0 Å². The van der Waals surface area contributed by atoms with Crippen LogP contribution in [0.1, 0.15) is 24.2 Å². The maximum Gasteiger partial charge on any atom is 0.357 e. The van der Waals surface area contributed by atoms with Crippen LogP contribution in [0.15, 0.2) is 69.9 Å². The fourth-order valence-corrected chi connectivity index (χ4v) is 3.66. The number of aryl methyl sites for hydroxylation is 1. The second-order valence-corrected chi connectivity index (χ2v) is 6.55. The van der Waals surface area contributed by atoms with Crippen molar-refractivity contribution in [2.45, 2.75) is 25.7 Å². The Bertz CT molecular complexity index is 896. The predicted octanol–water partition coefficient (Wildman–Crippen LogP) is 5.64. The SMILES string of the molecule is O=c1oc2c(c(N(c3ccccc3)c3ccccc3)c1Cl)CCCC2. The van der Waals surface area contributed by atoms with Crippen molar-refractivity contribution in [1.82, 2.24) is 0 Å². The topological polar surface area (TPSA) is 33.5 Å². The smallest absolute Gasteiger partial charge is 0.357 e. The Kier molecular flexibility index (Phi) is 4.33. The molecule has 126 valence electrons. The number of hydrogen-bond donors (Lipinski definition) is 0. The summed E-state index contributed by atoms with van der Waals surface area (Å²) in [5.74, 6) is 0.771. The Balaban J connectivity index is 2.01. The predicted molar refractivity (Wildman–Crippen MR) is 101 cm³/mol. The molecule has 0 radical (unpaired) electrons. The third-order valence-electron chi connectivity index (χ3n) is 4.56. The van der Waals surface area contributed by atoms with E-state index in [-0.39, 0.29) is 5.02 Å². The number of halogens is 1. The van der Waals surface area contributed by atoms with Crippen LogP contribution in [-0.2, 0) is 12.8 Å². The van der Waals surface area contributed by atoms with Crippen LogP contribution in [0.5, 0.6) is 0 Å². The summed E-state index contributed by atoms with van der Waals surface area (Å²) in [6, 6.07) is 20.0. The van der Waals surface area contributed by atoms with Gasteiger partial charge in [0.2, 0.25) is 0 Å². The molecule has 0 N–H and O–H groups in total. The lowest BCUT2D eigenvalue weighted by molar-refractivity contribution is 0.429. The van der Waals surface area contributed by atoms with E-state index in [1.807, 2.05) is 60.7 Å². The van der Waals surface area contributed by atoms with Gasteiger partial charge in [-0.3, -0.25) is 0 Å². The molecule has 1 aliphatic rings. The van der Waals surface area contributed by atoms with Gasteiger partial charge in [0.05, 0.1) is 5.69 Å². The minimum absolute atomic E-state index is 0.147. The van der Waals surface area contributed by atoms with Gasteiger partial charge < -0.3 is 9.32 Å². The average Bonchev–Trinajstić information content (AvgIpc) is 2.67. The molecule has 0 fully saturated rings. The van der Waals surface area contributed by atoms with Gasteiger partial charge in [-0.1, -0.05) is 48.0 Å². The van der Waals surface area contributed by atoms with Crippen molar-refractivity contribution in [2.75, 3.05) is 4.90 Å². The van der Waals surface area contributed by atoms with Gasteiger partial charge in [0.15, 0.2) is 5.02 Å². The Morgan fingerprint density at radius 3 is 2.00 bits per heavy atom. The van der Waals surface area contributed by atoms with Gasteiger partial charge in [-0.15, -0.1) is 0 Å². The Morgan fingerprint density at radius 2 is 1.40 bits per heavy atom. The number of hydrogen-bond acceptors (Lipinski definition) is 3. The van der Waals surface area contributed by atoms with Crippen molar-refractivity contribution < 1.29 is 4.42 Å². The van der Waals surface area contributed by atoms with Crippen molar-refractivity contribution in [2.24, 2.45) is 0 Å². The highest BCUT2D eigenvalue weighted by atomic mass is 35.5. The molecule has 2 aromatic carbocycles. The van der Waals surface area contributed by atoms with Gasteiger partial charge >= 0.3 is 5.63 Å². The number of anilines is 3. The molecular weight excluding hydrogens is 334 g/mol. The first kappa shape index (κ1) is 16.0. The van der Waals surface area contributed by atoms with E-state index in [1.54, 1.807) is 0 Å². The summed E-state index contributed by atoms with van der Waals surface area (Å²) in [7, 11) is 0. The lowest BCUT2D eigenvalue weighted by atomic mass is 9.95. The molecule has 3 nitrogen and oxygen atoms in total. The quantitative estimate of drug-likeness (QED) is 0.612. The largest absolute Gasteiger partial charge is 0.426 e. The summed E-state index contributed by atoms with van der Waals surface area (Å²) in [6.45, 7) is 0. The zero-order valence-electron chi connectivity index (χ0n) is 13.7. The van der Waals surface area contributed by atoms with Crippen LogP contribution in [-0.4, -0.2) is 0 Å². The van der Waals surface area contributed by atoms with Gasteiger partial charge in [0, 0.05) is 23.4 Å². The van der Waals surface area contributed by atoms with Gasteiger partial charge in [0.25, 0.3) is 0 Å². The molecule has 0 spiro atoms. The van der Waals surface area contributed by atoms with Crippen molar-refractivity contribution >= 4 is 28.7 Å². The second-order valence-electron chi connectivity index (χ2n) is 6.17. The van der Waals surface area contributed by atoms with Crippen LogP contribution in [0.4, 0.5) is 17.1 Å². The Hall–Kier alpha value is -2.52. The van der Waals surface area contributed by atoms with Gasteiger partial charge in [0.1, 0.15) is 5.76 Å². The summed E-state index contributed by atoms with van der Waals surface area (Å²) in [4.78, 5) is 14.4. The molecule has 0 amide bonds. The number of benzene rings is 2. The van der Waals surface area contributed by atoms with E-state index in [4.69, 9.17) is 16.0 Å². The Morgan fingerprint density at radius 1 is 0.840 bits per heavy atom. The molecule has 0 aliphatic heterocycles. The van der Waals surface area contributed by atoms with Crippen molar-refractivity contribution in [3.8, 4) is 0 Å². The monoisotopic (exact) mass is 351 g/mol. The van der Waals surface area contributed by atoms with E-state index in [9.17, 15) is 4.79 Å². The molecule has 4 heteroatoms. The summed E-state index contributed by atoms with van der Waals surface area (Å²) >= 11 is 6.48. The highest BCUT2D eigenvalue weighted by Gasteiger charge is 2.26. The maximum atomic E-state index is 12.4. The third kappa shape index (κ3) is 2.96. The number of para-hydroxylation sites is 2. The molecule has 0 saturated carbocycles. The molecule has 4 rings (SSSR count). The number of rotatable bonds is 3. The molecular formula is C21H18ClNO2. The normalized spacial score (nSPS) is 13.3. The second kappa shape index (κ2) is 6.77. The Labute approximate surface area is 151 Å². The molecule has 0 atom stereocenters. The first-order valence-electron chi connectivity index (χ1n) is 8.50. The summed E-state index contributed by atoms with van der Waals surface area (Å²) < 4.78 is 5.48. The van der Waals surface area contributed by atoms with Crippen LogP contribution in [0.3, 0.4) is 0 Å². The first-order chi connectivity index (χ1) is 12.3. The zero-order valence-corrected chi connectivity index (χ0v) is 14.5. The van der Waals surface area contributed by atoms with E-state index in [0.29, 0.717) is 0 Å². The van der Waals surface area contributed by atoms with E-state index in [2.05, 4.69) is 4.90 Å². The number of fused-ring (bicyclic) bond motifs is 1. The lowest BCUT2D eigenvalue weighted by Gasteiger charge is -2.30. The summed E-state index contributed by atoms with van der Waals surface area (Å²) in [6.07, 6.45) is 3.76. The molecule has 0 unspecified atom stereocenters. The van der Waals surface area contributed by atoms with Crippen LogP contribution in [0.25, 0.3) is 0 Å². The third-order valence-corrected chi connectivity index (χ3v) is 4.89. The fraction of sp³-hybridized carbons (Fsp3) is 0.190. The number of nitrogens with zero attached hydrogens (tertiary/aromatic N) is 1. The summed E-state index contributed by atoms with van der Waals surface area (Å²) in [5.41, 5.74) is 3.27. The molecule has 1 aliphatic carbocycles. The zero-order chi connectivity index (χ0) is 17.2. The van der Waals surface area contributed by atoms with Crippen LogP contribution >= 0.6 is 11.6 Å². The minimum atomic E-state index is -0.464. The lowest BCUT2D eigenvalue weighted by Crippen LogP contribution is -2.20. The molecule has 0 bridgehead atoms. The van der Waals surface area contributed by atoms with Crippen molar-refractivity contribution in [3.05, 3.63) is 87.4 Å². The van der Waals surface area contributed by atoms with E-state index in [0.717, 1.165) is 54.1 Å². The highest BCUT2D eigenvalue weighted by molar-refractivity contribution is 6.33. The van der Waals surface area contributed by atoms with Gasteiger partial charge in [-0.25, -0.2) is 4.79 Å². The minimum Gasteiger partial charge on any atom is -0.426 e. The first-order valence-corrected chi connectivity index (χ1v) is 8.88.